The Labute approximate surface area is 112 Å². The number of halogens is 1. The number of hydrogen-bond acceptors (Lipinski definition) is 3. The molecule has 0 atom stereocenters. The van der Waals surface area contributed by atoms with Crippen molar-refractivity contribution in [3.8, 4) is 0 Å². The van der Waals surface area contributed by atoms with Gasteiger partial charge in [0.15, 0.2) is 0 Å². The Balaban J connectivity index is 2.61. The molecule has 0 aromatic heterocycles. The van der Waals surface area contributed by atoms with Crippen LogP contribution in [0.5, 0.6) is 0 Å². The van der Waals surface area contributed by atoms with Crippen LogP contribution in [0.1, 0.15) is 12.5 Å². The Kier molecular flexibility index (Phi) is 3.06. The van der Waals surface area contributed by atoms with Crippen LogP contribution in [0, 0.1) is 0 Å². The Morgan fingerprint density at radius 1 is 1.39 bits per heavy atom. The highest BCUT2D eigenvalue weighted by Gasteiger charge is 2.56. The molecule has 0 saturated heterocycles. The maximum absolute atomic E-state index is 11.5. The Morgan fingerprint density at radius 2 is 2.00 bits per heavy atom. The minimum Gasteiger partial charge on any atom is -0.479 e. The third-order valence-electron chi connectivity index (χ3n) is 3.26. The maximum Gasteiger partial charge on any atom is 0.341 e. The van der Waals surface area contributed by atoms with Crippen molar-refractivity contribution in [2.24, 2.45) is 0 Å². The summed E-state index contributed by atoms with van der Waals surface area (Å²) in [6.45, 7) is 2.07. The molecule has 6 heteroatoms. The van der Waals surface area contributed by atoms with E-state index >= 15 is 0 Å². The fourth-order valence-electron chi connectivity index (χ4n) is 2.45. The molecule has 0 fully saturated rings. The number of carbonyl (C=O) groups is 2. The summed E-state index contributed by atoms with van der Waals surface area (Å²) in [7, 11) is 0. The fourth-order valence-corrected chi connectivity index (χ4v) is 2.86. The molecular weight excluding hydrogens is 302 g/mol. The van der Waals surface area contributed by atoms with E-state index in [0.717, 1.165) is 10.0 Å². The second-order valence-corrected chi connectivity index (χ2v) is 5.08. The molecule has 0 radical (unpaired) electrons. The first kappa shape index (κ1) is 12.9. The molecule has 1 aromatic rings. The zero-order valence-electron chi connectivity index (χ0n) is 9.68. The zero-order chi connectivity index (χ0) is 13.5. The van der Waals surface area contributed by atoms with E-state index in [2.05, 4.69) is 15.9 Å². The first-order valence-corrected chi connectivity index (χ1v) is 6.25. The largest absolute Gasteiger partial charge is 0.479 e. The van der Waals surface area contributed by atoms with Gasteiger partial charge in [-0.1, -0.05) is 15.9 Å². The molecule has 1 aromatic carbocycles. The van der Waals surface area contributed by atoms with Crippen molar-refractivity contribution < 1.29 is 19.8 Å². The van der Waals surface area contributed by atoms with Crippen molar-refractivity contribution in [1.29, 1.82) is 0 Å². The van der Waals surface area contributed by atoms with Gasteiger partial charge >= 0.3 is 11.9 Å². The second-order valence-electron chi connectivity index (χ2n) is 4.16. The van der Waals surface area contributed by atoms with E-state index in [-0.39, 0.29) is 6.42 Å². The number of fused-ring (bicyclic) bond motifs is 1. The SMILES string of the molecule is CCN1c2ccc(Br)cc2CC1(C(=O)O)C(=O)O. The van der Waals surface area contributed by atoms with E-state index in [4.69, 9.17) is 0 Å². The summed E-state index contributed by atoms with van der Waals surface area (Å²) in [5.41, 5.74) is -0.487. The van der Waals surface area contributed by atoms with Crippen LogP contribution in [-0.2, 0) is 16.0 Å². The fraction of sp³-hybridized carbons (Fsp3) is 0.333. The topological polar surface area (TPSA) is 77.8 Å². The van der Waals surface area contributed by atoms with Gasteiger partial charge < -0.3 is 15.1 Å². The van der Waals surface area contributed by atoms with Gasteiger partial charge in [0.2, 0.25) is 5.54 Å². The second kappa shape index (κ2) is 4.28. The van der Waals surface area contributed by atoms with Crippen LogP contribution in [0.3, 0.4) is 0 Å². The molecule has 1 aliphatic heterocycles. The number of rotatable bonds is 3. The number of carboxylic acids is 2. The predicted molar refractivity (Wildman–Crippen MR) is 68.9 cm³/mol. The summed E-state index contributed by atoms with van der Waals surface area (Å²) < 4.78 is 0.809. The number of likely N-dealkylation sites (N-methyl/N-ethyl adjacent to an activating group) is 1. The molecule has 0 saturated carbocycles. The molecule has 0 bridgehead atoms. The maximum atomic E-state index is 11.5. The molecule has 0 aliphatic carbocycles. The van der Waals surface area contributed by atoms with Crippen molar-refractivity contribution in [2.45, 2.75) is 18.9 Å². The van der Waals surface area contributed by atoms with Gasteiger partial charge in [-0.2, -0.15) is 0 Å². The third-order valence-corrected chi connectivity index (χ3v) is 3.76. The summed E-state index contributed by atoms with van der Waals surface area (Å²) in [5, 5.41) is 18.7. The van der Waals surface area contributed by atoms with E-state index in [1.54, 1.807) is 25.1 Å². The number of aliphatic carboxylic acids is 2. The Hall–Kier alpha value is -1.56. The van der Waals surface area contributed by atoms with Crippen molar-refractivity contribution in [3.05, 3.63) is 28.2 Å². The molecular formula is C12H12BrNO4. The van der Waals surface area contributed by atoms with Crippen LogP contribution < -0.4 is 4.90 Å². The molecule has 1 heterocycles. The molecule has 18 heavy (non-hydrogen) atoms. The van der Waals surface area contributed by atoms with E-state index < -0.39 is 17.5 Å². The van der Waals surface area contributed by atoms with Gasteiger partial charge in [0.05, 0.1) is 0 Å². The predicted octanol–water partition coefficient (Wildman–Crippen LogP) is 1.74. The normalized spacial score (nSPS) is 16.4. The van der Waals surface area contributed by atoms with Gasteiger partial charge in [-0.05, 0) is 30.7 Å². The summed E-state index contributed by atoms with van der Waals surface area (Å²) in [6, 6.07) is 5.30. The minimum atomic E-state index is -1.89. The molecule has 96 valence electrons. The summed E-state index contributed by atoms with van der Waals surface area (Å²) in [6.07, 6.45) is -0.0275. The van der Waals surface area contributed by atoms with Gasteiger partial charge in [-0.3, -0.25) is 0 Å². The summed E-state index contributed by atoms with van der Waals surface area (Å²) in [4.78, 5) is 24.3. The molecule has 0 unspecified atom stereocenters. The minimum absolute atomic E-state index is 0.0275. The number of anilines is 1. The van der Waals surface area contributed by atoms with E-state index in [1.807, 2.05) is 0 Å². The van der Waals surface area contributed by atoms with Crippen molar-refractivity contribution >= 4 is 33.6 Å². The van der Waals surface area contributed by atoms with Gasteiger partial charge in [-0.25, -0.2) is 9.59 Å². The summed E-state index contributed by atoms with van der Waals surface area (Å²) in [5.74, 6) is -2.66. The van der Waals surface area contributed by atoms with Crippen LogP contribution in [0.15, 0.2) is 22.7 Å². The molecule has 2 N–H and O–H groups in total. The lowest BCUT2D eigenvalue weighted by Gasteiger charge is -2.31. The number of carboxylic acid groups (broad SMARTS) is 2. The van der Waals surface area contributed by atoms with E-state index in [1.165, 1.54) is 4.90 Å². The van der Waals surface area contributed by atoms with E-state index in [0.29, 0.717) is 12.2 Å². The smallest absolute Gasteiger partial charge is 0.341 e. The van der Waals surface area contributed by atoms with Gasteiger partial charge in [0.1, 0.15) is 0 Å². The van der Waals surface area contributed by atoms with Crippen LogP contribution >= 0.6 is 15.9 Å². The lowest BCUT2D eigenvalue weighted by Crippen LogP contribution is -2.59. The highest BCUT2D eigenvalue weighted by Crippen LogP contribution is 2.40. The Morgan fingerprint density at radius 3 is 2.50 bits per heavy atom. The quantitative estimate of drug-likeness (QED) is 0.831. The lowest BCUT2D eigenvalue weighted by atomic mass is 9.94. The molecule has 5 nitrogen and oxygen atoms in total. The van der Waals surface area contributed by atoms with Crippen LogP contribution in [0.2, 0.25) is 0 Å². The average molecular weight is 314 g/mol. The molecule has 0 amide bonds. The first-order valence-electron chi connectivity index (χ1n) is 5.46. The van der Waals surface area contributed by atoms with E-state index in [9.17, 15) is 19.8 Å². The van der Waals surface area contributed by atoms with Crippen molar-refractivity contribution in [2.75, 3.05) is 11.4 Å². The standard InChI is InChI=1S/C12H12BrNO4/c1-2-14-9-4-3-8(13)5-7(9)6-12(14,10(15)16)11(17)18/h3-5H,2,6H2,1H3,(H,15,16)(H,17,18). The van der Waals surface area contributed by atoms with Gasteiger partial charge in [0.25, 0.3) is 0 Å². The molecule has 1 aliphatic rings. The lowest BCUT2D eigenvalue weighted by molar-refractivity contribution is -0.156. The zero-order valence-corrected chi connectivity index (χ0v) is 11.3. The number of hydrogen-bond donors (Lipinski definition) is 2. The van der Waals surface area contributed by atoms with Gasteiger partial charge in [0, 0.05) is 23.1 Å². The number of nitrogens with zero attached hydrogens (tertiary/aromatic N) is 1. The van der Waals surface area contributed by atoms with Crippen LogP contribution in [0.25, 0.3) is 0 Å². The van der Waals surface area contributed by atoms with Crippen LogP contribution in [0.4, 0.5) is 5.69 Å². The molecule has 2 rings (SSSR count). The molecule has 0 spiro atoms. The summed E-state index contributed by atoms with van der Waals surface area (Å²) >= 11 is 3.30. The van der Waals surface area contributed by atoms with Crippen molar-refractivity contribution in [3.63, 3.8) is 0 Å². The van der Waals surface area contributed by atoms with Gasteiger partial charge in [-0.15, -0.1) is 0 Å². The monoisotopic (exact) mass is 313 g/mol. The third kappa shape index (κ3) is 1.59. The Bertz CT molecular complexity index is 515. The highest BCUT2D eigenvalue weighted by molar-refractivity contribution is 9.10. The van der Waals surface area contributed by atoms with Crippen LogP contribution in [-0.4, -0.2) is 34.2 Å². The number of benzene rings is 1. The highest BCUT2D eigenvalue weighted by atomic mass is 79.9. The average Bonchev–Trinajstić information content (AvgIpc) is 2.63. The van der Waals surface area contributed by atoms with Crippen molar-refractivity contribution in [1.82, 2.24) is 0 Å². The first-order chi connectivity index (χ1) is 8.43.